The SMILES string of the molecule is O=C1CCCCCCCNC(=O)CCCCCCCNC(=O)CCCCCCCN1. The molecular weight excluding hydrogens is 378 g/mol. The Hall–Kier alpha value is -1.59. The summed E-state index contributed by atoms with van der Waals surface area (Å²) in [5.74, 6) is 0.490. The summed E-state index contributed by atoms with van der Waals surface area (Å²) in [6, 6.07) is 0. The number of carbonyl (C=O) groups excluding carboxylic acids is 3. The van der Waals surface area contributed by atoms with E-state index < -0.39 is 0 Å². The third-order valence-electron chi connectivity index (χ3n) is 5.71. The van der Waals surface area contributed by atoms with E-state index in [4.69, 9.17) is 0 Å². The van der Waals surface area contributed by atoms with Gasteiger partial charge in [0.15, 0.2) is 0 Å². The van der Waals surface area contributed by atoms with Crippen molar-refractivity contribution in [1.29, 1.82) is 0 Å². The molecule has 0 aliphatic carbocycles. The van der Waals surface area contributed by atoms with E-state index >= 15 is 0 Å². The van der Waals surface area contributed by atoms with Crippen LogP contribution < -0.4 is 16.0 Å². The highest BCUT2D eigenvalue weighted by Gasteiger charge is 2.04. The number of hydrogen-bond donors (Lipinski definition) is 3. The van der Waals surface area contributed by atoms with Crippen LogP contribution in [-0.2, 0) is 14.4 Å². The van der Waals surface area contributed by atoms with Crippen molar-refractivity contribution in [1.82, 2.24) is 16.0 Å². The van der Waals surface area contributed by atoms with Gasteiger partial charge in [0, 0.05) is 38.9 Å². The Morgan fingerprint density at radius 1 is 0.333 bits per heavy atom. The Morgan fingerprint density at radius 3 is 0.867 bits per heavy atom. The van der Waals surface area contributed by atoms with Gasteiger partial charge in [-0.25, -0.2) is 0 Å². The maximum atomic E-state index is 11.8. The lowest BCUT2D eigenvalue weighted by atomic mass is 10.1. The van der Waals surface area contributed by atoms with Crippen LogP contribution in [0.25, 0.3) is 0 Å². The minimum Gasteiger partial charge on any atom is -0.356 e. The lowest BCUT2D eigenvalue weighted by molar-refractivity contribution is -0.122. The van der Waals surface area contributed by atoms with Gasteiger partial charge >= 0.3 is 0 Å². The maximum absolute atomic E-state index is 11.8. The van der Waals surface area contributed by atoms with Crippen LogP contribution in [-0.4, -0.2) is 37.4 Å². The number of rotatable bonds is 0. The molecule has 1 heterocycles. The molecule has 0 saturated carbocycles. The highest BCUT2D eigenvalue weighted by molar-refractivity contribution is 5.76. The summed E-state index contributed by atoms with van der Waals surface area (Å²) in [6.45, 7) is 2.29. The van der Waals surface area contributed by atoms with E-state index in [9.17, 15) is 14.4 Å². The van der Waals surface area contributed by atoms with E-state index in [2.05, 4.69) is 16.0 Å². The molecule has 0 atom stereocenters. The van der Waals surface area contributed by atoms with Crippen LogP contribution in [0.4, 0.5) is 0 Å². The fourth-order valence-corrected chi connectivity index (χ4v) is 3.77. The van der Waals surface area contributed by atoms with Crippen molar-refractivity contribution in [2.75, 3.05) is 19.6 Å². The van der Waals surface area contributed by atoms with Gasteiger partial charge in [-0.05, 0) is 38.5 Å². The van der Waals surface area contributed by atoms with Gasteiger partial charge in [-0.2, -0.15) is 0 Å². The minimum absolute atomic E-state index is 0.163. The normalized spacial score (nSPS) is 22.2. The number of hydrogen-bond acceptors (Lipinski definition) is 3. The molecule has 1 saturated heterocycles. The first-order chi connectivity index (χ1) is 14.7. The number of amides is 3. The van der Waals surface area contributed by atoms with Crippen LogP contribution in [0, 0.1) is 0 Å². The molecule has 30 heavy (non-hydrogen) atoms. The molecule has 1 aliphatic rings. The third-order valence-corrected chi connectivity index (χ3v) is 5.71. The van der Waals surface area contributed by atoms with E-state index in [1.807, 2.05) is 0 Å². The summed E-state index contributed by atoms with van der Waals surface area (Å²) in [5.41, 5.74) is 0. The molecular formula is C24H45N3O3. The Kier molecular flexibility index (Phi) is 17.1. The van der Waals surface area contributed by atoms with Gasteiger partial charge in [-0.1, -0.05) is 57.8 Å². The van der Waals surface area contributed by atoms with Crippen LogP contribution in [0.15, 0.2) is 0 Å². The molecule has 174 valence electrons. The van der Waals surface area contributed by atoms with Crippen molar-refractivity contribution in [3.63, 3.8) is 0 Å². The van der Waals surface area contributed by atoms with E-state index in [0.717, 1.165) is 116 Å². The van der Waals surface area contributed by atoms with E-state index in [0.29, 0.717) is 19.3 Å². The van der Waals surface area contributed by atoms with Gasteiger partial charge in [0.05, 0.1) is 0 Å². The molecule has 0 radical (unpaired) electrons. The average molecular weight is 424 g/mol. The average Bonchev–Trinajstić information content (AvgIpc) is 2.73. The van der Waals surface area contributed by atoms with Crippen LogP contribution >= 0.6 is 0 Å². The molecule has 0 aromatic carbocycles. The molecule has 0 bridgehead atoms. The molecule has 3 N–H and O–H groups in total. The van der Waals surface area contributed by atoms with E-state index in [1.165, 1.54) is 0 Å². The summed E-state index contributed by atoms with van der Waals surface area (Å²) < 4.78 is 0. The largest absolute Gasteiger partial charge is 0.356 e. The molecule has 6 nitrogen and oxygen atoms in total. The Balaban J connectivity index is 2.20. The summed E-state index contributed by atoms with van der Waals surface area (Å²) >= 11 is 0. The Morgan fingerprint density at radius 2 is 0.567 bits per heavy atom. The van der Waals surface area contributed by atoms with Crippen molar-refractivity contribution < 1.29 is 14.4 Å². The predicted molar refractivity (Wildman–Crippen MR) is 122 cm³/mol. The molecule has 0 aromatic rings. The second-order valence-electron chi connectivity index (χ2n) is 8.60. The lowest BCUT2D eigenvalue weighted by Crippen LogP contribution is -2.24. The van der Waals surface area contributed by atoms with Crippen LogP contribution in [0.3, 0.4) is 0 Å². The first-order valence-electron chi connectivity index (χ1n) is 12.5. The van der Waals surface area contributed by atoms with Crippen molar-refractivity contribution in [3.05, 3.63) is 0 Å². The molecule has 0 unspecified atom stereocenters. The highest BCUT2D eigenvalue weighted by atomic mass is 16.2. The molecule has 3 amide bonds. The predicted octanol–water partition coefficient (Wildman–Crippen LogP) is 4.37. The summed E-state index contributed by atoms with van der Waals surface area (Å²) in [5, 5.41) is 9.03. The van der Waals surface area contributed by atoms with E-state index in [-0.39, 0.29) is 17.7 Å². The molecule has 1 fully saturated rings. The van der Waals surface area contributed by atoms with Crippen molar-refractivity contribution in [2.24, 2.45) is 0 Å². The molecule has 1 rings (SSSR count). The molecule has 0 spiro atoms. The first-order valence-corrected chi connectivity index (χ1v) is 12.5. The van der Waals surface area contributed by atoms with Gasteiger partial charge in [0.1, 0.15) is 0 Å². The minimum atomic E-state index is 0.163. The van der Waals surface area contributed by atoms with Gasteiger partial charge in [0.2, 0.25) is 17.7 Å². The Labute approximate surface area is 183 Å². The zero-order valence-corrected chi connectivity index (χ0v) is 19.1. The summed E-state index contributed by atoms with van der Waals surface area (Å²) in [6.07, 6.45) is 17.7. The molecule has 6 heteroatoms. The zero-order valence-electron chi connectivity index (χ0n) is 19.1. The van der Waals surface area contributed by atoms with Gasteiger partial charge in [-0.15, -0.1) is 0 Å². The fraction of sp³-hybridized carbons (Fsp3) is 0.875. The smallest absolute Gasteiger partial charge is 0.219 e. The number of carbonyl (C=O) groups is 3. The quantitative estimate of drug-likeness (QED) is 0.541. The second-order valence-corrected chi connectivity index (χ2v) is 8.60. The highest BCUT2D eigenvalue weighted by Crippen LogP contribution is 2.08. The van der Waals surface area contributed by atoms with Gasteiger partial charge in [-0.3, -0.25) is 14.4 Å². The Bertz CT molecular complexity index is 366. The van der Waals surface area contributed by atoms with Gasteiger partial charge in [0.25, 0.3) is 0 Å². The number of nitrogens with one attached hydrogen (secondary N) is 3. The molecule has 1 aliphatic heterocycles. The fourth-order valence-electron chi connectivity index (χ4n) is 3.77. The van der Waals surface area contributed by atoms with E-state index in [1.54, 1.807) is 0 Å². The van der Waals surface area contributed by atoms with Crippen LogP contribution in [0.5, 0.6) is 0 Å². The van der Waals surface area contributed by atoms with Crippen molar-refractivity contribution >= 4 is 17.7 Å². The van der Waals surface area contributed by atoms with Crippen LogP contribution in [0.1, 0.15) is 116 Å². The zero-order chi connectivity index (χ0) is 21.7. The third kappa shape index (κ3) is 17.3. The van der Waals surface area contributed by atoms with Crippen LogP contribution in [0.2, 0.25) is 0 Å². The topological polar surface area (TPSA) is 87.3 Å². The molecule has 0 aromatic heterocycles. The monoisotopic (exact) mass is 423 g/mol. The van der Waals surface area contributed by atoms with Gasteiger partial charge < -0.3 is 16.0 Å². The van der Waals surface area contributed by atoms with Crippen molar-refractivity contribution in [2.45, 2.75) is 116 Å². The van der Waals surface area contributed by atoms with Crippen molar-refractivity contribution in [3.8, 4) is 0 Å². The lowest BCUT2D eigenvalue weighted by Gasteiger charge is -2.06. The maximum Gasteiger partial charge on any atom is 0.219 e. The summed E-state index contributed by atoms with van der Waals surface area (Å²) in [4.78, 5) is 35.5. The first kappa shape index (κ1) is 26.4. The second kappa shape index (κ2) is 19.4. The standard InChI is InChI=1S/C24H45N3O3/c28-22-16-10-4-1-7-13-19-25-23(29)17-11-5-2-9-15-21-27-24(30)18-12-6-3-8-14-20-26-22/h1-21H2,(H,25,29)(H,26,28)(H,27,30). The summed E-state index contributed by atoms with van der Waals surface area (Å²) in [7, 11) is 0.